The molecule has 0 atom stereocenters. The molecule has 0 aliphatic carbocycles. The van der Waals surface area contributed by atoms with Crippen molar-refractivity contribution in [2.75, 3.05) is 0 Å². The molecule has 0 aromatic heterocycles. The molecular weight excluding hydrogens is 459 g/mol. The zero-order chi connectivity index (χ0) is 11.7. The molecule has 0 aliphatic rings. The van der Waals surface area contributed by atoms with E-state index >= 15 is 0 Å². The van der Waals surface area contributed by atoms with Gasteiger partial charge in [0.25, 0.3) is 0 Å². The zero-order valence-corrected chi connectivity index (χ0v) is 15.0. The van der Waals surface area contributed by atoms with Crippen LogP contribution in [0.1, 0.15) is 0 Å². The summed E-state index contributed by atoms with van der Waals surface area (Å²) in [5, 5.41) is 0. The molecular formula is C12H10AsBr3. The van der Waals surface area contributed by atoms with Gasteiger partial charge in [-0.2, -0.15) is 0 Å². The Labute approximate surface area is 117 Å². The Bertz CT molecular complexity index is 430. The van der Waals surface area contributed by atoms with Crippen molar-refractivity contribution >= 4 is 57.4 Å². The van der Waals surface area contributed by atoms with Gasteiger partial charge in [-0.05, 0) is 0 Å². The Morgan fingerprint density at radius 1 is 0.562 bits per heavy atom. The predicted octanol–water partition coefficient (Wildman–Crippen LogP) is 3.88. The van der Waals surface area contributed by atoms with Gasteiger partial charge in [0, 0.05) is 0 Å². The summed E-state index contributed by atoms with van der Waals surface area (Å²) in [4.78, 5) is 0. The quantitative estimate of drug-likeness (QED) is 0.587. The molecule has 0 radical (unpaired) electrons. The first-order valence-electron chi connectivity index (χ1n) is 4.78. The zero-order valence-electron chi connectivity index (χ0n) is 8.35. The van der Waals surface area contributed by atoms with E-state index in [-0.39, 0.29) is 0 Å². The van der Waals surface area contributed by atoms with Crippen LogP contribution in [-0.4, -0.2) is 6.86 Å². The molecule has 0 amide bonds. The third-order valence-electron chi connectivity index (χ3n) is 2.36. The number of halogens is 3. The summed E-state index contributed by atoms with van der Waals surface area (Å²) >= 11 is 11.7. The monoisotopic (exact) mass is 466 g/mol. The van der Waals surface area contributed by atoms with Crippen molar-refractivity contribution in [2.45, 2.75) is 0 Å². The first-order chi connectivity index (χ1) is 7.49. The van der Waals surface area contributed by atoms with E-state index in [0.29, 0.717) is 0 Å². The van der Waals surface area contributed by atoms with E-state index < -0.39 is 6.86 Å². The summed E-state index contributed by atoms with van der Waals surface area (Å²) in [6.07, 6.45) is 0. The van der Waals surface area contributed by atoms with Crippen molar-refractivity contribution < 1.29 is 0 Å². The molecule has 0 heterocycles. The van der Waals surface area contributed by atoms with Crippen LogP contribution in [0.15, 0.2) is 60.7 Å². The molecule has 0 fully saturated rings. The third kappa shape index (κ3) is 2.48. The Balaban J connectivity index is 2.60. The van der Waals surface area contributed by atoms with Crippen LogP contribution >= 0.6 is 41.8 Å². The van der Waals surface area contributed by atoms with Crippen LogP contribution in [0, 0.1) is 0 Å². The topological polar surface area (TPSA) is 0 Å². The van der Waals surface area contributed by atoms with Crippen LogP contribution in [0.4, 0.5) is 0 Å². The van der Waals surface area contributed by atoms with Gasteiger partial charge < -0.3 is 0 Å². The predicted molar refractivity (Wildman–Crippen MR) is 84.7 cm³/mol. The SMILES string of the molecule is Br[As](Br)(Br)(c1ccccc1)c1ccccc1. The number of benzene rings is 2. The minimum atomic E-state index is -3.08. The van der Waals surface area contributed by atoms with Gasteiger partial charge in [0.05, 0.1) is 0 Å². The maximum absolute atomic E-state index is 3.91. The second kappa shape index (κ2) is 4.60. The van der Waals surface area contributed by atoms with Gasteiger partial charge in [-0.15, -0.1) is 0 Å². The normalized spacial score (nSPS) is 14.1. The van der Waals surface area contributed by atoms with Crippen molar-refractivity contribution in [1.82, 2.24) is 0 Å². The van der Waals surface area contributed by atoms with Crippen LogP contribution in [-0.2, 0) is 0 Å². The van der Waals surface area contributed by atoms with Crippen molar-refractivity contribution in [1.29, 1.82) is 0 Å². The van der Waals surface area contributed by atoms with Crippen molar-refractivity contribution in [3.8, 4) is 0 Å². The minimum absolute atomic E-state index is 1.27. The molecule has 0 N–H and O–H groups in total. The van der Waals surface area contributed by atoms with Crippen LogP contribution < -0.4 is 8.70 Å². The first-order valence-corrected chi connectivity index (χ1v) is 19.8. The van der Waals surface area contributed by atoms with Crippen molar-refractivity contribution in [3.05, 3.63) is 60.7 Å². The number of hydrogen-bond donors (Lipinski definition) is 0. The van der Waals surface area contributed by atoms with E-state index in [9.17, 15) is 0 Å². The standard InChI is InChI=1S/C12H10AsBr3/c14-13(15,16,11-7-3-1-4-8-11)12-9-5-2-6-10-12/h1-10H. The van der Waals surface area contributed by atoms with Gasteiger partial charge in [0.1, 0.15) is 0 Å². The van der Waals surface area contributed by atoms with E-state index in [2.05, 4.69) is 90.3 Å². The van der Waals surface area contributed by atoms with Gasteiger partial charge >= 0.3 is 118 Å². The molecule has 2 rings (SSSR count). The van der Waals surface area contributed by atoms with E-state index in [0.717, 1.165) is 0 Å². The fraction of sp³-hybridized carbons (Fsp3) is 0. The Morgan fingerprint density at radius 3 is 1.19 bits per heavy atom. The summed E-state index contributed by atoms with van der Waals surface area (Å²) < 4.78 is 2.54. The van der Waals surface area contributed by atoms with E-state index in [1.165, 1.54) is 8.70 Å². The average molecular weight is 469 g/mol. The summed E-state index contributed by atoms with van der Waals surface area (Å²) in [5.74, 6) is 0. The number of hydrogen-bond acceptors (Lipinski definition) is 0. The molecule has 2 aromatic carbocycles. The van der Waals surface area contributed by atoms with Crippen LogP contribution in [0.3, 0.4) is 0 Å². The first kappa shape index (κ1) is 12.9. The van der Waals surface area contributed by atoms with Gasteiger partial charge in [0.2, 0.25) is 0 Å². The molecule has 0 saturated heterocycles. The van der Waals surface area contributed by atoms with Gasteiger partial charge in [-0.3, -0.25) is 0 Å². The molecule has 4 heteroatoms. The number of rotatable bonds is 2. The van der Waals surface area contributed by atoms with Crippen LogP contribution in [0.25, 0.3) is 0 Å². The fourth-order valence-corrected chi connectivity index (χ4v) is 12.3. The Hall–Kier alpha value is 0.438. The molecule has 16 heavy (non-hydrogen) atoms. The molecule has 0 nitrogen and oxygen atoms in total. The van der Waals surface area contributed by atoms with Gasteiger partial charge in [0.15, 0.2) is 0 Å². The average Bonchev–Trinajstić information content (AvgIpc) is 2.31. The molecule has 0 spiro atoms. The van der Waals surface area contributed by atoms with Gasteiger partial charge in [-0.25, -0.2) is 0 Å². The summed E-state index contributed by atoms with van der Waals surface area (Å²) in [5.41, 5.74) is 0. The van der Waals surface area contributed by atoms with Gasteiger partial charge in [-0.1, -0.05) is 0 Å². The summed E-state index contributed by atoms with van der Waals surface area (Å²) in [6, 6.07) is 20.8. The fourth-order valence-electron chi connectivity index (χ4n) is 1.49. The van der Waals surface area contributed by atoms with E-state index in [4.69, 9.17) is 0 Å². The Morgan fingerprint density at radius 2 is 0.875 bits per heavy atom. The molecule has 84 valence electrons. The molecule has 0 bridgehead atoms. The second-order valence-corrected chi connectivity index (χ2v) is 46.0. The van der Waals surface area contributed by atoms with E-state index in [1.807, 2.05) is 12.1 Å². The Kier molecular flexibility index (Phi) is 3.71. The summed E-state index contributed by atoms with van der Waals surface area (Å²) in [6.45, 7) is -3.08. The third-order valence-corrected chi connectivity index (χ3v) is 19.9. The van der Waals surface area contributed by atoms with E-state index in [1.54, 1.807) is 0 Å². The van der Waals surface area contributed by atoms with Crippen molar-refractivity contribution in [3.63, 3.8) is 0 Å². The van der Waals surface area contributed by atoms with Crippen molar-refractivity contribution in [2.24, 2.45) is 0 Å². The molecule has 0 aliphatic heterocycles. The molecule has 0 unspecified atom stereocenters. The van der Waals surface area contributed by atoms with Crippen LogP contribution in [0.2, 0.25) is 0 Å². The summed E-state index contributed by atoms with van der Waals surface area (Å²) in [7, 11) is 0. The molecule has 2 aromatic rings. The second-order valence-electron chi connectivity index (χ2n) is 3.48. The van der Waals surface area contributed by atoms with Crippen LogP contribution in [0.5, 0.6) is 0 Å². The maximum atomic E-state index is 3.91. The molecule has 0 saturated carbocycles.